The fourth-order valence-corrected chi connectivity index (χ4v) is 8.81. The first-order valence-electron chi connectivity index (χ1n) is 18.1. The Hall–Kier alpha value is -0.520. The van der Waals surface area contributed by atoms with Crippen LogP contribution in [0.1, 0.15) is 172 Å². The normalized spacial score (nSPS) is 29.9. The van der Waals surface area contributed by atoms with Crippen molar-refractivity contribution in [1.82, 2.24) is 0 Å². The predicted octanol–water partition coefficient (Wildman–Crippen LogP) is 13.5. The highest BCUT2D eigenvalue weighted by Gasteiger charge is 2.37. The van der Waals surface area contributed by atoms with Crippen LogP contribution in [0.2, 0.25) is 0 Å². The lowest BCUT2D eigenvalue weighted by Crippen LogP contribution is -2.33. The van der Waals surface area contributed by atoms with E-state index in [0.717, 1.165) is 41.4 Å². The van der Waals surface area contributed by atoms with Gasteiger partial charge < -0.3 is 0 Å². The minimum Gasteiger partial charge on any atom is -0.0883 e. The molecule has 40 heavy (non-hydrogen) atoms. The Bertz CT molecular complexity index is 722. The molecule has 0 amide bonds. The van der Waals surface area contributed by atoms with Gasteiger partial charge in [-0.05, 0) is 103 Å². The summed E-state index contributed by atoms with van der Waals surface area (Å²) in [5.41, 5.74) is 1.11. The highest BCUT2D eigenvalue weighted by molar-refractivity contribution is 4.94. The molecule has 8 atom stereocenters. The van der Waals surface area contributed by atoms with Crippen LogP contribution in [0.5, 0.6) is 0 Å². The Morgan fingerprint density at radius 3 is 1.60 bits per heavy atom. The van der Waals surface area contributed by atoms with Gasteiger partial charge in [-0.3, -0.25) is 0 Å². The molecule has 0 aromatic carbocycles. The van der Waals surface area contributed by atoms with Gasteiger partial charge in [0.05, 0.1) is 0 Å². The lowest BCUT2D eigenvalue weighted by Gasteiger charge is -2.43. The molecule has 2 aliphatic rings. The molecule has 0 N–H and O–H groups in total. The summed E-state index contributed by atoms with van der Waals surface area (Å²) >= 11 is 0. The van der Waals surface area contributed by atoms with Crippen molar-refractivity contribution < 1.29 is 0 Å². The lowest BCUT2D eigenvalue weighted by atomic mass is 9.62. The largest absolute Gasteiger partial charge is 0.0883 e. The molecule has 2 saturated carbocycles. The van der Waals surface area contributed by atoms with E-state index in [1.54, 1.807) is 0 Å². The van der Waals surface area contributed by atoms with Gasteiger partial charge in [0.15, 0.2) is 0 Å². The van der Waals surface area contributed by atoms with E-state index in [2.05, 4.69) is 93.5 Å². The molecule has 0 heterocycles. The first-order chi connectivity index (χ1) is 18.8. The van der Waals surface area contributed by atoms with E-state index in [9.17, 15) is 0 Å². The van der Waals surface area contributed by atoms with Crippen molar-refractivity contribution in [3.8, 4) is 0 Å². The van der Waals surface area contributed by atoms with Crippen LogP contribution in [-0.2, 0) is 0 Å². The molecule has 0 radical (unpaired) electrons. The van der Waals surface area contributed by atoms with E-state index >= 15 is 0 Å². The summed E-state index contributed by atoms with van der Waals surface area (Å²) < 4.78 is 0. The molecule has 0 bridgehead atoms. The van der Waals surface area contributed by atoms with Gasteiger partial charge >= 0.3 is 0 Å². The second kappa shape index (κ2) is 17.6. The van der Waals surface area contributed by atoms with Crippen molar-refractivity contribution in [2.45, 2.75) is 172 Å². The van der Waals surface area contributed by atoms with Crippen molar-refractivity contribution in [2.24, 2.45) is 58.2 Å². The number of hydrogen-bond acceptors (Lipinski definition) is 0. The number of hydrogen-bond donors (Lipinski definition) is 0. The van der Waals surface area contributed by atoms with Crippen molar-refractivity contribution in [1.29, 1.82) is 0 Å². The first kappa shape index (κ1) is 35.7. The van der Waals surface area contributed by atoms with E-state index in [-0.39, 0.29) is 0 Å². The Balaban J connectivity index is 1.54. The minimum atomic E-state index is 0.550. The molecule has 234 valence electrons. The Labute approximate surface area is 254 Å². The first-order valence-corrected chi connectivity index (χ1v) is 18.1. The molecule has 2 aliphatic carbocycles. The maximum Gasteiger partial charge on any atom is -0.0227 e. The van der Waals surface area contributed by atoms with Gasteiger partial charge in [0, 0.05) is 0 Å². The van der Waals surface area contributed by atoms with Crippen LogP contribution in [-0.4, -0.2) is 0 Å². The molecular formula is C40H74. The molecule has 0 spiro atoms. The third kappa shape index (κ3) is 12.8. The third-order valence-electron chi connectivity index (χ3n) is 11.9. The fourth-order valence-electron chi connectivity index (χ4n) is 8.81. The highest BCUT2D eigenvalue weighted by atomic mass is 14.4. The summed E-state index contributed by atoms with van der Waals surface area (Å²) in [7, 11) is 0. The van der Waals surface area contributed by atoms with Crippen LogP contribution in [0.3, 0.4) is 0 Å². The van der Waals surface area contributed by atoms with Gasteiger partial charge in [-0.1, -0.05) is 151 Å². The van der Waals surface area contributed by atoms with E-state index in [0.29, 0.717) is 16.7 Å². The van der Waals surface area contributed by atoms with Gasteiger partial charge in [-0.15, -0.1) is 0 Å². The van der Waals surface area contributed by atoms with E-state index in [1.807, 2.05) is 0 Å². The average molecular weight is 555 g/mol. The summed E-state index contributed by atoms with van der Waals surface area (Å²) in [6.45, 7) is 25.0. The van der Waals surface area contributed by atoms with E-state index in [1.165, 1.54) is 103 Å². The summed E-state index contributed by atoms with van der Waals surface area (Å²) in [5.74, 6) is 6.90. The molecule has 0 aromatic heterocycles. The quantitative estimate of drug-likeness (QED) is 0.157. The molecule has 0 aromatic rings. The zero-order valence-corrected chi connectivity index (χ0v) is 29.2. The lowest BCUT2D eigenvalue weighted by molar-refractivity contribution is 0.0706. The molecule has 2 fully saturated rings. The van der Waals surface area contributed by atoms with Gasteiger partial charge in [0.1, 0.15) is 0 Å². The van der Waals surface area contributed by atoms with Crippen LogP contribution < -0.4 is 0 Å². The topological polar surface area (TPSA) is 0 Å². The molecule has 0 heteroatoms. The van der Waals surface area contributed by atoms with Crippen molar-refractivity contribution in [3.63, 3.8) is 0 Å². The number of rotatable bonds is 17. The molecule has 0 aliphatic heterocycles. The summed E-state index contributed by atoms with van der Waals surface area (Å²) in [4.78, 5) is 0. The van der Waals surface area contributed by atoms with E-state index < -0.39 is 0 Å². The molecule has 0 unspecified atom stereocenters. The monoisotopic (exact) mass is 555 g/mol. The van der Waals surface area contributed by atoms with Crippen molar-refractivity contribution in [2.75, 3.05) is 0 Å². The van der Waals surface area contributed by atoms with Gasteiger partial charge in [0.25, 0.3) is 0 Å². The standard InChI is InChI=1S/C40H74/c1-31(19-13-21-33(3)25-27-37-35(5)23-15-29-39(37,7)8)17-11-12-18-32(2)20-14-22-34(4)26-28-38-36(6)24-16-30-40(38,9)10/h11-13,19,31-38H,14-18,20-30H2,1-10H3/b12-11+,19-13+/t31-,32+,33+,34-,35-,36-,37+,38+/m1/s1. The SMILES string of the molecule is C[C@H](CCC[C@@H](C)C/C=C/C[C@@H](C)/C=C/C[C@H](C)CC[C@H]1[C@H](C)CCCC1(C)C)CC[C@H]1[C@H](C)CCCC1(C)C. The maximum absolute atomic E-state index is 2.53. The van der Waals surface area contributed by atoms with E-state index in [4.69, 9.17) is 0 Å². The minimum absolute atomic E-state index is 0.550. The summed E-state index contributed by atoms with van der Waals surface area (Å²) in [5, 5.41) is 0. The van der Waals surface area contributed by atoms with Crippen LogP contribution in [0.25, 0.3) is 0 Å². The molecule has 2 rings (SSSR count). The smallest absolute Gasteiger partial charge is 0.0227 e. The van der Waals surface area contributed by atoms with Crippen LogP contribution in [0.4, 0.5) is 0 Å². The Morgan fingerprint density at radius 2 is 1.05 bits per heavy atom. The van der Waals surface area contributed by atoms with Crippen LogP contribution in [0, 0.1) is 58.2 Å². The fraction of sp³-hybridized carbons (Fsp3) is 0.900. The molecule has 0 saturated heterocycles. The molecular weight excluding hydrogens is 480 g/mol. The van der Waals surface area contributed by atoms with Gasteiger partial charge in [0.2, 0.25) is 0 Å². The van der Waals surface area contributed by atoms with Crippen LogP contribution >= 0.6 is 0 Å². The van der Waals surface area contributed by atoms with Gasteiger partial charge in [-0.25, -0.2) is 0 Å². The summed E-state index contributed by atoms with van der Waals surface area (Å²) in [6, 6.07) is 0. The Kier molecular flexibility index (Phi) is 15.7. The average Bonchev–Trinajstić information content (AvgIpc) is 2.85. The van der Waals surface area contributed by atoms with Crippen molar-refractivity contribution in [3.05, 3.63) is 24.3 Å². The van der Waals surface area contributed by atoms with Gasteiger partial charge in [-0.2, -0.15) is 0 Å². The van der Waals surface area contributed by atoms with Crippen molar-refractivity contribution >= 4 is 0 Å². The second-order valence-corrected chi connectivity index (χ2v) is 16.9. The maximum atomic E-state index is 2.53. The third-order valence-corrected chi connectivity index (χ3v) is 11.9. The summed E-state index contributed by atoms with van der Waals surface area (Å²) in [6.07, 6.45) is 32.2. The zero-order chi connectivity index (χ0) is 29.8. The highest BCUT2D eigenvalue weighted by Crippen LogP contribution is 2.47. The Morgan fingerprint density at radius 1 is 0.600 bits per heavy atom. The zero-order valence-electron chi connectivity index (χ0n) is 29.2. The predicted molar refractivity (Wildman–Crippen MR) is 182 cm³/mol. The molecule has 0 nitrogen and oxygen atoms in total. The van der Waals surface area contributed by atoms with Crippen LogP contribution in [0.15, 0.2) is 24.3 Å². The number of allylic oxidation sites excluding steroid dienone is 4. The second-order valence-electron chi connectivity index (χ2n) is 16.9.